The van der Waals surface area contributed by atoms with Gasteiger partial charge in [-0.25, -0.2) is 0 Å². The molecular weight excluding hydrogens is 240 g/mol. The smallest absolute Gasteiger partial charge is 0.325 e. The molecule has 2 unspecified atom stereocenters. The van der Waals surface area contributed by atoms with Crippen molar-refractivity contribution in [3.05, 3.63) is 0 Å². The van der Waals surface area contributed by atoms with Gasteiger partial charge in [-0.3, -0.25) is 4.79 Å². The van der Waals surface area contributed by atoms with Gasteiger partial charge in [-0.1, -0.05) is 19.3 Å². The molecule has 0 amide bonds. The lowest BCUT2D eigenvalue weighted by atomic mass is 9.89. The second kappa shape index (κ2) is 7.25. The Morgan fingerprint density at radius 3 is 2.47 bits per heavy atom. The van der Waals surface area contributed by atoms with Crippen molar-refractivity contribution in [3.63, 3.8) is 0 Å². The van der Waals surface area contributed by atoms with Gasteiger partial charge in [0.15, 0.2) is 0 Å². The largest absolute Gasteiger partial charge is 0.468 e. The van der Waals surface area contributed by atoms with Crippen LogP contribution in [-0.4, -0.2) is 49.7 Å². The summed E-state index contributed by atoms with van der Waals surface area (Å²) in [5.41, 5.74) is -0.600. The number of ether oxygens (including phenoxy) is 1. The van der Waals surface area contributed by atoms with Gasteiger partial charge in [0.1, 0.15) is 5.54 Å². The third-order valence-corrected chi connectivity index (χ3v) is 4.74. The Morgan fingerprint density at radius 2 is 2.00 bits per heavy atom. The summed E-state index contributed by atoms with van der Waals surface area (Å²) in [6, 6.07) is 1.03. The maximum atomic E-state index is 11.9. The summed E-state index contributed by atoms with van der Waals surface area (Å²) in [5.74, 6) is -0.182. The predicted octanol–water partition coefficient (Wildman–Crippen LogP) is 2.18. The van der Waals surface area contributed by atoms with Gasteiger partial charge >= 0.3 is 5.97 Å². The molecule has 19 heavy (non-hydrogen) atoms. The van der Waals surface area contributed by atoms with Crippen LogP contribution in [0.5, 0.6) is 0 Å². The fourth-order valence-corrected chi connectivity index (χ4v) is 3.10. The van der Waals surface area contributed by atoms with Gasteiger partial charge in [0, 0.05) is 12.1 Å². The summed E-state index contributed by atoms with van der Waals surface area (Å²) < 4.78 is 4.91. The fraction of sp³-hybridized carbons (Fsp3) is 0.933. The number of nitrogens with one attached hydrogen (secondary N) is 1. The zero-order valence-electron chi connectivity index (χ0n) is 13.2. The highest BCUT2D eigenvalue weighted by Gasteiger charge is 2.36. The van der Waals surface area contributed by atoms with E-state index in [1.54, 1.807) is 0 Å². The van der Waals surface area contributed by atoms with Crippen molar-refractivity contribution in [1.82, 2.24) is 10.2 Å². The molecule has 0 heterocycles. The van der Waals surface area contributed by atoms with Crippen molar-refractivity contribution < 1.29 is 9.53 Å². The van der Waals surface area contributed by atoms with Crippen LogP contribution in [0.15, 0.2) is 0 Å². The Morgan fingerprint density at radius 1 is 1.42 bits per heavy atom. The van der Waals surface area contributed by atoms with Gasteiger partial charge in [0.05, 0.1) is 7.11 Å². The second-order valence-electron chi connectivity index (χ2n) is 6.08. The third kappa shape index (κ3) is 4.18. The first-order valence-corrected chi connectivity index (χ1v) is 7.44. The van der Waals surface area contributed by atoms with E-state index in [-0.39, 0.29) is 5.97 Å². The standard InChI is InChI=1S/C15H30N2O2/c1-12(11-15(2,16-3)14(18)19-5)17(4)13-9-7-6-8-10-13/h12-13,16H,6-11H2,1-5H3. The first-order chi connectivity index (χ1) is 8.94. The lowest BCUT2D eigenvalue weighted by molar-refractivity contribution is -0.148. The van der Waals surface area contributed by atoms with Crippen LogP contribution >= 0.6 is 0 Å². The molecule has 0 bridgehead atoms. The van der Waals surface area contributed by atoms with Gasteiger partial charge in [-0.2, -0.15) is 0 Å². The number of hydrogen-bond acceptors (Lipinski definition) is 4. The van der Waals surface area contributed by atoms with E-state index < -0.39 is 5.54 Å². The highest BCUT2D eigenvalue weighted by molar-refractivity contribution is 5.80. The van der Waals surface area contributed by atoms with Crippen LogP contribution in [0, 0.1) is 0 Å². The maximum absolute atomic E-state index is 11.9. The molecule has 0 aromatic rings. The van der Waals surface area contributed by atoms with E-state index in [0.717, 1.165) is 6.42 Å². The molecule has 1 aliphatic rings. The Bertz CT molecular complexity index is 290. The summed E-state index contributed by atoms with van der Waals surface area (Å²) in [4.78, 5) is 14.3. The second-order valence-corrected chi connectivity index (χ2v) is 6.08. The van der Waals surface area contributed by atoms with Crippen LogP contribution in [0.3, 0.4) is 0 Å². The molecule has 1 fully saturated rings. The molecule has 4 heteroatoms. The third-order valence-electron chi connectivity index (χ3n) is 4.74. The highest BCUT2D eigenvalue weighted by Crippen LogP contribution is 2.25. The van der Waals surface area contributed by atoms with Crippen molar-refractivity contribution >= 4 is 5.97 Å². The van der Waals surface area contributed by atoms with Crippen molar-refractivity contribution in [2.45, 2.75) is 70.0 Å². The minimum atomic E-state index is -0.600. The van der Waals surface area contributed by atoms with Crippen LogP contribution in [-0.2, 0) is 9.53 Å². The van der Waals surface area contributed by atoms with Gasteiger partial charge < -0.3 is 15.0 Å². The molecule has 0 aromatic heterocycles. The van der Waals surface area contributed by atoms with E-state index in [0.29, 0.717) is 12.1 Å². The molecule has 0 spiro atoms. The monoisotopic (exact) mass is 270 g/mol. The summed E-state index contributed by atoms with van der Waals surface area (Å²) in [6.07, 6.45) is 7.38. The first kappa shape index (κ1) is 16.4. The molecule has 4 nitrogen and oxygen atoms in total. The molecule has 1 N–H and O–H groups in total. The van der Waals surface area contributed by atoms with Gasteiger partial charge in [-0.05, 0) is 47.2 Å². The average molecular weight is 270 g/mol. The maximum Gasteiger partial charge on any atom is 0.325 e. The number of hydrogen-bond donors (Lipinski definition) is 1. The molecule has 0 saturated heterocycles. The minimum Gasteiger partial charge on any atom is -0.468 e. The van der Waals surface area contributed by atoms with Crippen LogP contribution in [0.25, 0.3) is 0 Å². The van der Waals surface area contributed by atoms with Crippen molar-refractivity contribution in [2.24, 2.45) is 0 Å². The van der Waals surface area contributed by atoms with E-state index in [2.05, 4.69) is 24.2 Å². The highest BCUT2D eigenvalue weighted by atomic mass is 16.5. The zero-order valence-corrected chi connectivity index (χ0v) is 13.2. The Kier molecular flexibility index (Phi) is 6.27. The average Bonchev–Trinajstić information content (AvgIpc) is 2.46. The molecular formula is C15H30N2O2. The lowest BCUT2D eigenvalue weighted by Crippen LogP contribution is -2.53. The summed E-state index contributed by atoms with van der Waals surface area (Å²) in [7, 11) is 5.46. The summed E-state index contributed by atoms with van der Waals surface area (Å²) in [5, 5.41) is 3.12. The Hall–Kier alpha value is -0.610. The molecule has 0 radical (unpaired) electrons. The summed E-state index contributed by atoms with van der Waals surface area (Å²) >= 11 is 0. The normalized spacial score (nSPS) is 22.0. The molecule has 0 aromatic carbocycles. The molecule has 1 saturated carbocycles. The van der Waals surface area contributed by atoms with E-state index >= 15 is 0 Å². The van der Waals surface area contributed by atoms with E-state index in [1.807, 2.05) is 14.0 Å². The van der Waals surface area contributed by atoms with E-state index in [9.17, 15) is 4.79 Å². The topological polar surface area (TPSA) is 41.6 Å². The van der Waals surface area contributed by atoms with Gasteiger partial charge in [-0.15, -0.1) is 0 Å². The van der Waals surface area contributed by atoms with Crippen molar-refractivity contribution in [1.29, 1.82) is 0 Å². The zero-order chi connectivity index (χ0) is 14.5. The van der Waals surface area contributed by atoms with Crippen LogP contribution in [0.1, 0.15) is 52.4 Å². The number of esters is 1. The van der Waals surface area contributed by atoms with E-state index in [1.165, 1.54) is 39.2 Å². The molecule has 112 valence electrons. The molecule has 1 aliphatic carbocycles. The number of likely N-dealkylation sites (N-methyl/N-ethyl adjacent to an activating group) is 1. The number of rotatable bonds is 6. The number of nitrogens with zero attached hydrogens (tertiary/aromatic N) is 1. The number of carbonyl (C=O) groups is 1. The molecule has 0 aliphatic heterocycles. The quantitative estimate of drug-likeness (QED) is 0.751. The fourth-order valence-electron chi connectivity index (χ4n) is 3.10. The number of methoxy groups -OCH3 is 1. The lowest BCUT2D eigenvalue weighted by Gasteiger charge is -2.39. The SMILES string of the molecule is CNC(C)(CC(C)N(C)C1CCCCC1)C(=O)OC. The van der Waals surface area contributed by atoms with E-state index in [4.69, 9.17) is 4.74 Å². The van der Waals surface area contributed by atoms with Crippen LogP contribution in [0.4, 0.5) is 0 Å². The minimum absolute atomic E-state index is 0.182. The Labute approximate surface area is 117 Å². The number of carbonyl (C=O) groups excluding carboxylic acids is 1. The van der Waals surface area contributed by atoms with Crippen molar-refractivity contribution in [2.75, 3.05) is 21.2 Å². The molecule has 2 atom stereocenters. The van der Waals surface area contributed by atoms with Gasteiger partial charge in [0.25, 0.3) is 0 Å². The van der Waals surface area contributed by atoms with Crippen LogP contribution in [0.2, 0.25) is 0 Å². The van der Waals surface area contributed by atoms with Crippen molar-refractivity contribution in [3.8, 4) is 0 Å². The first-order valence-electron chi connectivity index (χ1n) is 7.44. The van der Waals surface area contributed by atoms with Crippen LogP contribution < -0.4 is 5.32 Å². The summed E-state index contributed by atoms with van der Waals surface area (Å²) in [6.45, 7) is 4.12. The predicted molar refractivity (Wildman–Crippen MR) is 78.2 cm³/mol. The van der Waals surface area contributed by atoms with Gasteiger partial charge in [0.2, 0.25) is 0 Å². The Balaban J connectivity index is 2.60. The molecule has 1 rings (SSSR count).